The topological polar surface area (TPSA) is 82.8 Å². The van der Waals surface area contributed by atoms with Crippen LogP contribution < -0.4 is 10.6 Å². The van der Waals surface area contributed by atoms with Crippen LogP contribution in [-0.2, 0) is 17.7 Å². The summed E-state index contributed by atoms with van der Waals surface area (Å²) in [7, 11) is 0. The molecule has 0 radical (unpaired) electrons. The lowest BCUT2D eigenvalue weighted by atomic mass is 10.2. The van der Waals surface area contributed by atoms with E-state index in [0.29, 0.717) is 12.1 Å². The minimum Gasteiger partial charge on any atom is -0.379 e. The molecule has 0 atom stereocenters. The Morgan fingerprint density at radius 2 is 1.84 bits per heavy atom. The maximum absolute atomic E-state index is 5.43. The van der Waals surface area contributed by atoms with Gasteiger partial charge in [0.1, 0.15) is 12.2 Å². The Morgan fingerprint density at radius 3 is 2.52 bits per heavy atom. The molecule has 1 saturated heterocycles. The average Bonchev–Trinajstić information content (AvgIpc) is 3.21. The summed E-state index contributed by atoms with van der Waals surface area (Å²) in [4.78, 5) is 9.79. The Kier molecular flexibility index (Phi) is 11.8. The quantitative estimate of drug-likeness (QED) is 0.273. The van der Waals surface area contributed by atoms with Gasteiger partial charge in [0.25, 0.3) is 0 Å². The molecule has 0 saturated carbocycles. The lowest BCUT2D eigenvalue weighted by Gasteiger charge is -2.30. The third-order valence-electron chi connectivity index (χ3n) is 5.65. The third kappa shape index (κ3) is 9.53. The molecule has 0 spiro atoms. The molecule has 1 aliphatic rings. The number of ether oxygens (including phenoxy) is 1. The molecule has 9 heteroatoms. The summed E-state index contributed by atoms with van der Waals surface area (Å²) in [6.45, 7) is 20.3. The van der Waals surface area contributed by atoms with E-state index in [-0.39, 0.29) is 0 Å². The molecule has 2 rings (SSSR count). The number of hydrogen-bond acceptors (Lipinski definition) is 6. The van der Waals surface area contributed by atoms with Gasteiger partial charge in [-0.2, -0.15) is 0 Å². The average molecular weight is 437 g/mol. The lowest BCUT2D eigenvalue weighted by Crippen LogP contribution is -2.46. The molecule has 9 nitrogen and oxygen atoms in total. The molecule has 2 heterocycles. The van der Waals surface area contributed by atoms with Gasteiger partial charge >= 0.3 is 0 Å². The molecule has 31 heavy (non-hydrogen) atoms. The molecular formula is C22H44N8O. The first kappa shape index (κ1) is 25.5. The largest absolute Gasteiger partial charge is 0.379 e. The molecule has 178 valence electrons. The van der Waals surface area contributed by atoms with E-state index >= 15 is 0 Å². The monoisotopic (exact) mass is 436 g/mol. The minimum atomic E-state index is 0.532. The first-order valence-electron chi connectivity index (χ1n) is 12.0. The molecule has 0 amide bonds. The highest BCUT2D eigenvalue weighted by molar-refractivity contribution is 5.79. The van der Waals surface area contributed by atoms with Gasteiger partial charge in [-0.25, -0.2) is 0 Å². The van der Waals surface area contributed by atoms with E-state index in [1.807, 2.05) is 0 Å². The van der Waals surface area contributed by atoms with E-state index in [1.165, 1.54) is 0 Å². The minimum absolute atomic E-state index is 0.532. The number of guanidine groups is 1. The fraction of sp³-hybridized carbons (Fsp3) is 0.864. The zero-order valence-electron chi connectivity index (χ0n) is 20.3. The SMILES string of the molecule is CCc1nncn1CCNC(=NCCCN1CCOCC1)NCCN(C(C)C)C(C)C. The van der Waals surface area contributed by atoms with Crippen LogP contribution in [0.15, 0.2) is 11.3 Å². The third-order valence-corrected chi connectivity index (χ3v) is 5.65. The van der Waals surface area contributed by atoms with Crippen LogP contribution in [0.2, 0.25) is 0 Å². The fourth-order valence-electron chi connectivity index (χ4n) is 3.93. The van der Waals surface area contributed by atoms with Crippen LogP contribution in [0.1, 0.15) is 46.9 Å². The number of rotatable bonds is 13. The zero-order chi connectivity index (χ0) is 22.5. The van der Waals surface area contributed by atoms with E-state index in [2.05, 4.69) is 69.8 Å². The molecule has 1 fully saturated rings. The molecule has 1 aromatic rings. The molecule has 0 bridgehead atoms. The van der Waals surface area contributed by atoms with E-state index in [9.17, 15) is 0 Å². The van der Waals surface area contributed by atoms with Crippen molar-refractivity contribution in [1.29, 1.82) is 0 Å². The Balaban J connectivity index is 1.82. The second-order valence-corrected chi connectivity index (χ2v) is 8.61. The molecule has 0 aromatic carbocycles. The second-order valence-electron chi connectivity index (χ2n) is 8.61. The summed E-state index contributed by atoms with van der Waals surface area (Å²) in [6, 6.07) is 1.06. The Morgan fingerprint density at radius 1 is 1.13 bits per heavy atom. The van der Waals surface area contributed by atoms with Crippen LogP contribution in [0.5, 0.6) is 0 Å². The highest BCUT2D eigenvalue weighted by atomic mass is 16.5. The lowest BCUT2D eigenvalue weighted by molar-refractivity contribution is 0.0377. The Bertz CT molecular complexity index is 617. The summed E-state index contributed by atoms with van der Waals surface area (Å²) in [5, 5.41) is 15.2. The van der Waals surface area contributed by atoms with Gasteiger partial charge in [-0.15, -0.1) is 10.2 Å². The maximum Gasteiger partial charge on any atom is 0.191 e. The van der Waals surface area contributed by atoms with Gasteiger partial charge in [0.2, 0.25) is 0 Å². The number of hydrogen-bond donors (Lipinski definition) is 2. The van der Waals surface area contributed by atoms with E-state index in [1.54, 1.807) is 6.33 Å². The van der Waals surface area contributed by atoms with Crippen molar-refractivity contribution < 1.29 is 4.74 Å². The van der Waals surface area contributed by atoms with Crippen molar-refractivity contribution in [2.45, 2.75) is 66.1 Å². The van der Waals surface area contributed by atoms with Crippen LogP contribution in [0.25, 0.3) is 0 Å². The fourth-order valence-corrected chi connectivity index (χ4v) is 3.93. The molecule has 0 aliphatic carbocycles. The number of aromatic nitrogens is 3. The first-order chi connectivity index (χ1) is 15.0. The van der Waals surface area contributed by atoms with Crippen LogP contribution in [0.3, 0.4) is 0 Å². The van der Waals surface area contributed by atoms with Crippen molar-refractivity contribution in [2.75, 3.05) is 59.0 Å². The van der Waals surface area contributed by atoms with Gasteiger partial charge < -0.3 is 19.9 Å². The molecule has 0 unspecified atom stereocenters. The van der Waals surface area contributed by atoms with E-state index in [4.69, 9.17) is 9.73 Å². The maximum atomic E-state index is 5.43. The predicted octanol–water partition coefficient (Wildman–Crippen LogP) is 1.22. The normalized spacial score (nSPS) is 15.9. The van der Waals surface area contributed by atoms with Gasteiger partial charge in [-0.05, 0) is 34.1 Å². The van der Waals surface area contributed by atoms with E-state index in [0.717, 1.165) is 90.2 Å². The van der Waals surface area contributed by atoms with Crippen LogP contribution in [-0.4, -0.2) is 102 Å². The van der Waals surface area contributed by atoms with Gasteiger partial charge in [0.05, 0.1) is 13.2 Å². The van der Waals surface area contributed by atoms with Crippen molar-refractivity contribution in [3.05, 3.63) is 12.2 Å². The van der Waals surface area contributed by atoms with Gasteiger partial charge in [-0.1, -0.05) is 6.92 Å². The number of nitrogens with one attached hydrogen (secondary N) is 2. The molecule has 1 aliphatic heterocycles. The molecule has 1 aromatic heterocycles. The highest BCUT2D eigenvalue weighted by Crippen LogP contribution is 2.03. The molecule has 2 N–H and O–H groups in total. The second kappa shape index (κ2) is 14.4. The van der Waals surface area contributed by atoms with Crippen molar-refractivity contribution in [3.8, 4) is 0 Å². The molecular weight excluding hydrogens is 392 g/mol. The van der Waals surface area contributed by atoms with Gasteiger partial charge in [0, 0.05) is 70.9 Å². The van der Waals surface area contributed by atoms with E-state index < -0.39 is 0 Å². The van der Waals surface area contributed by atoms with Crippen molar-refractivity contribution in [3.63, 3.8) is 0 Å². The van der Waals surface area contributed by atoms with Crippen molar-refractivity contribution >= 4 is 5.96 Å². The number of aryl methyl sites for hydroxylation is 1. The van der Waals surface area contributed by atoms with Crippen LogP contribution in [0.4, 0.5) is 0 Å². The summed E-state index contributed by atoms with van der Waals surface area (Å²) in [5.41, 5.74) is 0. The standard InChI is InChI=1S/C22H44N8O/c1-6-21-27-26-18-29(21)12-9-24-22(25-10-13-30(19(2)3)20(4)5)23-8-7-11-28-14-16-31-17-15-28/h18-20H,6-17H2,1-5H3,(H2,23,24,25). The summed E-state index contributed by atoms with van der Waals surface area (Å²) in [5.74, 6) is 1.91. The van der Waals surface area contributed by atoms with Gasteiger partial charge in [0.15, 0.2) is 5.96 Å². The number of morpholine rings is 1. The summed E-state index contributed by atoms with van der Waals surface area (Å²) in [6.07, 6.45) is 3.75. The first-order valence-corrected chi connectivity index (χ1v) is 12.0. The summed E-state index contributed by atoms with van der Waals surface area (Å²) < 4.78 is 7.53. The zero-order valence-corrected chi connectivity index (χ0v) is 20.3. The van der Waals surface area contributed by atoms with Crippen LogP contribution >= 0.6 is 0 Å². The van der Waals surface area contributed by atoms with Crippen molar-refractivity contribution in [1.82, 2.24) is 35.2 Å². The van der Waals surface area contributed by atoms with Crippen LogP contribution in [0, 0.1) is 0 Å². The Hall–Kier alpha value is -1.71. The van der Waals surface area contributed by atoms with Gasteiger partial charge in [-0.3, -0.25) is 14.8 Å². The number of nitrogens with zero attached hydrogens (tertiary/aromatic N) is 6. The number of aliphatic imine (C=N–C) groups is 1. The smallest absolute Gasteiger partial charge is 0.191 e. The highest BCUT2D eigenvalue weighted by Gasteiger charge is 2.13. The Labute approximate surface area is 188 Å². The summed E-state index contributed by atoms with van der Waals surface area (Å²) >= 11 is 0. The van der Waals surface area contributed by atoms with Crippen molar-refractivity contribution in [2.24, 2.45) is 4.99 Å². The predicted molar refractivity (Wildman–Crippen MR) is 127 cm³/mol.